The van der Waals surface area contributed by atoms with Gasteiger partial charge in [0.2, 0.25) is 5.91 Å². The van der Waals surface area contributed by atoms with Gasteiger partial charge in [0, 0.05) is 18.2 Å². The summed E-state index contributed by atoms with van der Waals surface area (Å²) < 4.78 is 1.69. The first-order valence-electron chi connectivity index (χ1n) is 8.33. The Hall–Kier alpha value is -3.74. The molecule has 2 aromatic carbocycles. The van der Waals surface area contributed by atoms with Crippen LogP contribution in [0.25, 0.3) is 6.08 Å². The number of hydrogen-bond acceptors (Lipinski definition) is 4. The lowest BCUT2D eigenvalue weighted by molar-refractivity contribution is -0.385. The van der Waals surface area contributed by atoms with Crippen LogP contribution in [-0.2, 0) is 11.3 Å². The zero-order valence-electron chi connectivity index (χ0n) is 14.7. The van der Waals surface area contributed by atoms with Crippen LogP contribution in [0, 0.1) is 17.0 Å². The van der Waals surface area contributed by atoms with Crippen molar-refractivity contribution in [3.05, 3.63) is 93.7 Å². The molecular weight excluding hydrogens is 344 g/mol. The Kier molecular flexibility index (Phi) is 5.41. The molecule has 0 bridgehead atoms. The Morgan fingerprint density at radius 2 is 2.04 bits per heavy atom. The lowest BCUT2D eigenvalue weighted by atomic mass is 10.1. The zero-order valence-corrected chi connectivity index (χ0v) is 14.7. The number of rotatable bonds is 6. The highest BCUT2D eigenvalue weighted by Gasteiger charge is 2.10. The molecular formula is C20H18N4O3. The fourth-order valence-electron chi connectivity index (χ4n) is 2.68. The number of nitro benzene ring substituents is 1. The molecule has 3 aromatic rings. The van der Waals surface area contributed by atoms with Gasteiger partial charge in [-0.15, -0.1) is 0 Å². The maximum Gasteiger partial charge on any atom is 0.276 e. The number of hydrogen-bond donors (Lipinski definition) is 1. The molecule has 0 spiro atoms. The summed E-state index contributed by atoms with van der Waals surface area (Å²) in [6, 6.07) is 16.0. The summed E-state index contributed by atoms with van der Waals surface area (Å²) in [5.41, 5.74) is 2.54. The number of para-hydroxylation sites is 1. The van der Waals surface area contributed by atoms with Crippen LogP contribution >= 0.6 is 0 Å². The molecule has 1 heterocycles. The summed E-state index contributed by atoms with van der Waals surface area (Å²) >= 11 is 0. The van der Waals surface area contributed by atoms with Crippen molar-refractivity contribution < 1.29 is 9.72 Å². The van der Waals surface area contributed by atoms with Crippen molar-refractivity contribution in [2.24, 2.45) is 0 Å². The van der Waals surface area contributed by atoms with Gasteiger partial charge in [0.25, 0.3) is 5.69 Å². The Labute approximate surface area is 156 Å². The first-order valence-corrected chi connectivity index (χ1v) is 8.33. The van der Waals surface area contributed by atoms with Crippen molar-refractivity contribution in [1.82, 2.24) is 9.78 Å². The largest absolute Gasteiger partial charge is 0.307 e. The standard InChI is InChI=1S/C20H18N4O3/c1-15-5-4-6-16(13-15)14-23-19(11-12-21-23)22-20(25)10-9-17-7-2-3-8-18(17)24(26)27/h2-13H,14H2,1H3,(H,22,25). The number of carbonyl (C=O) groups is 1. The SMILES string of the molecule is Cc1cccc(Cn2nccc2NC(=O)C=Cc2ccccc2[N+](=O)[O-])c1. The molecule has 3 rings (SSSR count). The minimum Gasteiger partial charge on any atom is -0.307 e. The summed E-state index contributed by atoms with van der Waals surface area (Å²) in [5, 5.41) is 18.0. The van der Waals surface area contributed by atoms with Crippen molar-refractivity contribution in [3.8, 4) is 0 Å². The highest BCUT2D eigenvalue weighted by Crippen LogP contribution is 2.19. The average Bonchev–Trinajstić information content (AvgIpc) is 3.06. The summed E-state index contributed by atoms with van der Waals surface area (Å²) in [4.78, 5) is 22.8. The molecule has 1 N–H and O–H groups in total. The molecule has 1 amide bonds. The van der Waals surface area contributed by atoms with Crippen LogP contribution in [0.1, 0.15) is 16.7 Å². The number of aryl methyl sites for hydroxylation is 1. The van der Waals surface area contributed by atoms with E-state index >= 15 is 0 Å². The second kappa shape index (κ2) is 8.09. The molecule has 7 heteroatoms. The topological polar surface area (TPSA) is 90.1 Å². The molecule has 0 aliphatic heterocycles. The van der Waals surface area contributed by atoms with Gasteiger partial charge in [0.1, 0.15) is 5.82 Å². The second-order valence-corrected chi connectivity index (χ2v) is 6.00. The van der Waals surface area contributed by atoms with E-state index in [1.165, 1.54) is 18.2 Å². The van der Waals surface area contributed by atoms with E-state index in [2.05, 4.69) is 16.5 Å². The zero-order chi connectivity index (χ0) is 19.2. The van der Waals surface area contributed by atoms with E-state index in [0.717, 1.165) is 11.1 Å². The lowest BCUT2D eigenvalue weighted by Crippen LogP contribution is -2.13. The van der Waals surface area contributed by atoms with Gasteiger partial charge in [-0.05, 0) is 24.6 Å². The predicted molar refractivity (Wildman–Crippen MR) is 103 cm³/mol. The number of carbonyl (C=O) groups excluding carboxylic acids is 1. The molecule has 7 nitrogen and oxygen atoms in total. The third-order valence-electron chi connectivity index (χ3n) is 3.93. The molecule has 136 valence electrons. The molecule has 0 saturated heterocycles. The maximum atomic E-state index is 12.2. The van der Waals surface area contributed by atoms with Crippen molar-refractivity contribution in [3.63, 3.8) is 0 Å². The van der Waals surface area contributed by atoms with Gasteiger partial charge in [0.15, 0.2) is 0 Å². The van der Waals surface area contributed by atoms with Gasteiger partial charge in [-0.2, -0.15) is 5.10 Å². The number of anilines is 1. The van der Waals surface area contributed by atoms with Crippen LogP contribution in [0.15, 0.2) is 66.9 Å². The molecule has 1 aromatic heterocycles. The quantitative estimate of drug-likeness (QED) is 0.410. The van der Waals surface area contributed by atoms with Gasteiger partial charge in [-0.3, -0.25) is 14.9 Å². The Bertz CT molecular complexity index is 1010. The average molecular weight is 362 g/mol. The van der Waals surface area contributed by atoms with Crippen molar-refractivity contribution in [1.29, 1.82) is 0 Å². The van der Waals surface area contributed by atoms with Crippen LogP contribution in [0.5, 0.6) is 0 Å². The van der Waals surface area contributed by atoms with Crippen molar-refractivity contribution in [2.45, 2.75) is 13.5 Å². The van der Waals surface area contributed by atoms with Crippen LogP contribution in [0.4, 0.5) is 11.5 Å². The van der Waals surface area contributed by atoms with E-state index in [1.807, 2.05) is 25.1 Å². The van der Waals surface area contributed by atoms with E-state index in [0.29, 0.717) is 17.9 Å². The fourth-order valence-corrected chi connectivity index (χ4v) is 2.68. The van der Waals surface area contributed by atoms with Crippen molar-refractivity contribution >= 4 is 23.5 Å². The smallest absolute Gasteiger partial charge is 0.276 e. The van der Waals surface area contributed by atoms with Gasteiger partial charge in [0.05, 0.1) is 23.2 Å². The van der Waals surface area contributed by atoms with Gasteiger partial charge >= 0.3 is 0 Å². The van der Waals surface area contributed by atoms with E-state index in [4.69, 9.17) is 0 Å². The lowest BCUT2D eigenvalue weighted by Gasteiger charge is -2.08. The van der Waals surface area contributed by atoms with E-state index < -0.39 is 4.92 Å². The summed E-state index contributed by atoms with van der Waals surface area (Å²) in [6.45, 7) is 2.54. The molecule has 27 heavy (non-hydrogen) atoms. The van der Waals surface area contributed by atoms with Gasteiger partial charge in [-0.25, -0.2) is 4.68 Å². The first kappa shape index (κ1) is 18.1. The highest BCUT2D eigenvalue weighted by molar-refractivity contribution is 6.01. The Balaban J connectivity index is 1.71. The monoisotopic (exact) mass is 362 g/mol. The Morgan fingerprint density at radius 3 is 2.81 bits per heavy atom. The molecule has 0 aliphatic carbocycles. The summed E-state index contributed by atoms with van der Waals surface area (Å²) in [6.07, 6.45) is 4.30. The number of aromatic nitrogens is 2. The molecule has 0 fully saturated rings. The van der Waals surface area contributed by atoms with E-state index in [-0.39, 0.29) is 11.6 Å². The first-order chi connectivity index (χ1) is 13.0. The van der Waals surface area contributed by atoms with E-state index in [9.17, 15) is 14.9 Å². The number of nitrogens with zero attached hydrogens (tertiary/aromatic N) is 3. The van der Waals surface area contributed by atoms with Crippen LogP contribution in [0.2, 0.25) is 0 Å². The number of amides is 1. The fraction of sp³-hybridized carbons (Fsp3) is 0.100. The molecule has 0 unspecified atom stereocenters. The minimum atomic E-state index is -0.478. The van der Waals surface area contributed by atoms with E-state index in [1.54, 1.807) is 35.1 Å². The van der Waals surface area contributed by atoms with Crippen LogP contribution < -0.4 is 5.32 Å². The normalized spacial score (nSPS) is 10.9. The molecule has 0 saturated carbocycles. The third-order valence-corrected chi connectivity index (χ3v) is 3.93. The minimum absolute atomic E-state index is 0.0500. The van der Waals surface area contributed by atoms with Gasteiger partial charge in [-0.1, -0.05) is 42.0 Å². The van der Waals surface area contributed by atoms with Crippen LogP contribution in [-0.4, -0.2) is 20.6 Å². The number of benzene rings is 2. The van der Waals surface area contributed by atoms with Gasteiger partial charge < -0.3 is 5.32 Å². The number of nitro groups is 1. The summed E-state index contributed by atoms with van der Waals surface area (Å²) in [7, 11) is 0. The Morgan fingerprint density at radius 1 is 1.22 bits per heavy atom. The molecule has 0 aliphatic rings. The van der Waals surface area contributed by atoms with Crippen LogP contribution in [0.3, 0.4) is 0 Å². The highest BCUT2D eigenvalue weighted by atomic mass is 16.6. The maximum absolute atomic E-state index is 12.2. The third kappa shape index (κ3) is 4.66. The molecule has 0 radical (unpaired) electrons. The summed E-state index contributed by atoms with van der Waals surface area (Å²) in [5.74, 6) is 0.160. The second-order valence-electron chi connectivity index (χ2n) is 6.00. The van der Waals surface area contributed by atoms with Crippen molar-refractivity contribution in [2.75, 3.05) is 5.32 Å². The predicted octanol–water partition coefficient (Wildman–Crippen LogP) is 3.80. The molecule has 0 atom stereocenters. The number of nitrogens with one attached hydrogen (secondary N) is 1.